The van der Waals surface area contributed by atoms with Gasteiger partial charge < -0.3 is 0 Å². The van der Waals surface area contributed by atoms with Gasteiger partial charge in [0.05, 0.1) is 0 Å². The van der Waals surface area contributed by atoms with Gasteiger partial charge >= 0.3 is 7.32 Å². The van der Waals surface area contributed by atoms with E-state index in [-0.39, 0.29) is 0 Å². The van der Waals surface area contributed by atoms with Crippen molar-refractivity contribution in [2.45, 2.75) is 0 Å². The van der Waals surface area contributed by atoms with Gasteiger partial charge in [0, 0.05) is 0 Å². The molecule has 0 aromatic carbocycles. The second kappa shape index (κ2) is 6.82. The Hall–Kier alpha value is -0.295. The van der Waals surface area contributed by atoms with E-state index < -0.39 is 7.32 Å². The van der Waals surface area contributed by atoms with Crippen molar-refractivity contribution < 1.29 is 45.3 Å². The van der Waals surface area contributed by atoms with Crippen LogP contribution in [0.25, 0.3) is 0 Å². The van der Waals surface area contributed by atoms with Gasteiger partial charge in [0.25, 0.3) is 0 Å². The molecule has 0 rings (SSSR count). The molecule has 60 valence electrons. The van der Waals surface area contributed by atoms with E-state index in [9.17, 15) is 0 Å². The molecule has 0 saturated carbocycles. The first kappa shape index (κ1) is 9.70. The predicted octanol–water partition coefficient (Wildman–Crippen LogP) is -0.765. The fourth-order valence-electron chi connectivity index (χ4n) is 0.154. The lowest BCUT2D eigenvalue weighted by Crippen LogP contribution is -2.26. The molecule has 0 saturated heterocycles. The summed E-state index contributed by atoms with van der Waals surface area (Å²) in [6.45, 7) is 0. The standard InChI is InChI=1S/BH3O9/c2-8-5-1(6-9-3)7-10-4/h2-4H. The molecule has 0 aliphatic carbocycles. The Bertz CT molecular complexity index is 47.5. The van der Waals surface area contributed by atoms with E-state index in [1.807, 2.05) is 0 Å². The lowest BCUT2D eigenvalue weighted by molar-refractivity contribution is -0.530. The van der Waals surface area contributed by atoms with E-state index >= 15 is 0 Å². The summed E-state index contributed by atoms with van der Waals surface area (Å²) in [6, 6.07) is 0. The zero-order chi connectivity index (χ0) is 7.82. The highest BCUT2D eigenvalue weighted by molar-refractivity contribution is 6.35. The van der Waals surface area contributed by atoms with Crippen LogP contribution in [0.2, 0.25) is 0 Å². The van der Waals surface area contributed by atoms with Crippen LogP contribution in [0, 0.1) is 0 Å². The van der Waals surface area contributed by atoms with Crippen molar-refractivity contribution in [3.05, 3.63) is 0 Å². The van der Waals surface area contributed by atoms with Crippen molar-refractivity contribution in [2.24, 2.45) is 0 Å². The SMILES string of the molecule is OOOB(OOO)OOO. The smallest absolute Gasteiger partial charge is 0.222 e. The normalized spacial score (nSPS) is 9.90. The fraction of sp³-hybridized carbons (Fsp3) is 0. The number of hydrogen-bond donors (Lipinski definition) is 3. The fourth-order valence-corrected chi connectivity index (χ4v) is 0.154. The molecule has 3 N–H and O–H groups in total. The first-order valence-corrected chi connectivity index (χ1v) is 1.75. The van der Waals surface area contributed by atoms with Crippen LogP contribution in [0.3, 0.4) is 0 Å². The van der Waals surface area contributed by atoms with Crippen LogP contribution in [0.1, 0.15) is 0 Å². The molecule has 10 heteroatoms. The van der Waals surface area contributed by atoms with Crippen molar-refractivity contribution >= 4 is 7.32 Å². The molecule has 0 heterocycles. The van der Waals surface area contributed by atoms with E-state index in [1.54, 1.807) is 0 Å². The molecule has 0 fully saturated rings. The lowest BCUT2D eigenvalue weighted by atomic mass is 10.3. The average molecular weight is 158 g/mol. The van der Waals surface area contributed by atoms with E-state index in [0.717, 1.165) is 0 Å². The van der Waals surface area contributed by atoms with Crippen LogP contribution >= 0.6 is 0 Å². The summed E-state index contributed by atoms with van der Waals surface area (Å²) in [7, 11) is -1.89. The Morgan fingerprint density at radius 1 is 0.700 bits per heavy atom. The van der Waals surface area contributed by atoms with Gasteiger partial charge in [-0.3, -0.25) is 0 Å². The van der Waals surface area contributed by atoms with E-state index in [2.05, 4.69) is 29.5 Å². The zero-order valence-corrected chi connectivity index (χ0v) is 4.37. The first-order valence-electron chi connectivity index (χ1n) is 1.75. The molecule has 0 bridgehead atoms. The minimum Gasteiger partial charge on any atom is -0.222 e. The highest BCUT2D eigenvalue weighted by Crippen LogP contribution is 1.91. The second-order valence-corrected chi connectivity index (χ2v) is 0.801. The van der Waals surface area contributed by atoms with Crippen LogP contribution in [0.15, 0.2) is 0 Å². The van der Waals surface area contributed by atoms with Gasteiger partial charge in [-0.2, -0.15) is 14.4 Å². The molecule has 0 atom stereocenters. The highest BCUT2D eigenvalue weighted by atomic mass is 17.6. The first-order chi connectivity index (χ1) is 4.85. The van der Waals surface area contributed by atoms with Gasteiger partial charge in [0.1, 0.15) is 0 Å². The van der Waals surface area contributed by atoms with Gasteiger partial charge in [-0.05, 0) is 0 Å². The van der Waals surface area contributed by atoms with Crippen LogP contribution in [0.4, 0.5) is 0 Å². The molecule has 10 heavy (non-hydrogen) atoms. The molecular formula is H3BO9. The molecule has 0 spiro atoms. The minimum absolute atomic E-state index is 1.89. The molecule has 9 nitrogen and oxygen atoms in total. The Morgan fingerprint density at radius 2 is 1.00 bits per heavy atom. The molecular weight excluding hydrogens is 155 g/mol. The molecule has 0 amide bonds. The third kappa shape index (κ3) is 4.57. The summed E-state index contributed by atoms with van der Waals surface area (Å²) in [5.41, 5.74) is 0. The third-order valence-corrected chi connectivity index (χ3v) is 0.365. The van der Waals surface area contributed by atoms with Gasteiger partial charge in [0.2, 0.25) is 0 Å². The van der Waals surface area contributed by atoms with E-state index in [4.69, 9.17) is 15.8 Å². The van der Waals surface area contributed by atoms with E-state index in [1.165, 1.54) is 0 Å². The minimum atomic E-state index is -1.89. The Morgan fingerprint density at radius 3 is 1.20 bits per heavy atom. The number of hydrogen-bond acceptors (Lipinski definition) is 9. The van der Waals surface area contributed by atoms with Crippen molar-refractivity contribution in [3.63, 3.8) is 0 Å². The topological polar surface area (TPSA) is 116 Å². The summed E-state index contributed by atoms with van der Waals surface area (Å²) in [6.07, 6.45) is 0. The summed E-state index contributed by atoms with van der Waals surface area (Å²) in [4.78, 5) is 10.7. The lowest BCUT2D eigenvalue weighted by Gasteiger charge is -2.01. The van der Waals surface area contributed by atoms with Crippen LogP contribution in [-0.4, -0.2) is 23.1 Å². The highest BCUT2D eigenvalue weighted by Gasteiger charge is 2.27. The zero-order valence-electron chi connectivity index (χ0n) is 4.37. The van der Waals surface area contributed by atoms with Crippen LogP contribution < -0.4 is 0 Å². The van der Waals surface area contributed by atoms with Gasteiger partial charge in [-0.1, -0.05) is 15.1 Å². The van der Waals surface area contributed by atoms with Crippen molar-refractivity contribution in [2.75, 3.05) is 0 Å². The maximum absolute atomic E-state index is 7.53. The molecule has 0 aromatic rings. The monoisotopic (exact) mass is 158 g/mol. The summed E-state index contributed by atoms with van der Waals surface area (Å²) in [5, 5.41) is 31.5. The Labute approximate surface area is 53.9 Å². The van der Waals surface area contributed by atoms with Crippen molar-refractivity contribution in [1.29, 1.82) is 0 Å². The predicted molar refractivity (Wildman–Crippen MR) is 20.2 cm³/mol. The third-order valence-electron chi connectivity index (χ3n) is 0.365. The largest absolute Gasteiger partial charge is 0.732 e. The summed E-state index contributed by atoms with van der Waals surface area (Å²) < 4.78 is 0. The maximum Gasteiger partial charge on any atom is 0.732 e. The van der Waals surface area contributed by atoms with Crippen molar-refractivity contribution in [1.82, 2.24) is 0 Å². The second-order valence-electron chi connectivity index (χ2n) is 0.801. The molecule has 0 aliphatic rings. The van der Waals surface area contributed by atoms with Crippen LogP contribution in [0.5, 0.6) is 0 Å². The Kier molecular flexibility index (Phi) is 6.62. The summed E-state index contributed by atoms with van der Waals surface area (Å²) in [5.74, 6) is 0. The summed E-state index contributed by atoms with van der Waals surface area (Å²) >= 11 is 0. The molecule has 0 radical (unpaired) electrons. The molecule has 0 unspecified atom stereocenters. The van der Waals surface area contributed by atoms with Gasteiger partial charge in [-0.15, -0.1) is 0 Å². The average Bonchev–Trinajstić information content (AvgIpc) is 1.90. The van der Waals surface area contributed by atoms with Crippen LogP contribution in [-0.2, 0) is 29.5 Å². The maximum atomic E-state index is 7.53. The molecule has 0 aromatic heterocycles. The molecule has 0 aliphatic heterocycles. The van der Waals surface area contributed by atoms with Crippen molar-refractivity contribution in [3.8, 4) is 0 Å². The number of rotatable bonds is 6. The Balaban J connectivity index is 3.30. The van der Waals surface area contributed by atoms with Gasteiger partial charge in [0.15, 0.2) is 0 Å². The quantitative estimate of drug-likeness (QED) is 0.260. The van der Waals surface area contributed by atoms with Gasteiger partial charge in [-0.25, -0.2) is 15.8 Å². The van der Waals surface area contributed by atoms with E-state index in [0.29, 0.717) is 0 Å².